The van der Waals surface area contributed by atoms with E-state index < -0.39 is 0 Å². The molecule has 3 heteroatoms. The maximum absolute atomic E-state index is 6.16. The molecule has 108 valence electrons. The largest absolute Gasteiger partial charge is 0.369 e. The van der Waals surface area contributed by atoms with Crippen LogP contribution in [0.4, 0.5) is 5.69 Å². The molecule has 1 N–H and O–H groups in total. The minimum atomic E-state index is 0.479. The van der Waals surface area contributed by atoms with E-state index in [9.17, 15) is 0 Å². The topological polar surface area (TPSA) is 15.3 Å². The van der Waals surface area contributed by atoms with Crippen molar-refractivity contribution in [3.05, 3.63) is 28.8 Å². The average molecular weight is 283 g/mol. The van der Waals surface area contributed by atoms with E-state index >= 15 is 0 Å². The molecule has 0 fully saturated rings. The number of rotatable bonds is 7. The van der Waals surface area contributed by atoms with Gasteiger partial charge in [-0.05, 0) is 50.9 Å². The molecule has 1 aromatic rings. The van der Waals surface area contributed by atoms with E-state index in [0.717, 1.165) is 24.7 Å². The molecule has 0 saturated carbocycles. The Morgan fingerprint density at radius 2 is 1.89 bits per heavy atom. The zero-order valence-corrected chi connectivity index (χ0v) is 13.6. The summed E-state index contributed by atoms with van der Waals surface area (Å²) >= 11 is 6.16. The second-order valence-corrected chi connectivity index (χ2v) is 6.11. The molecule has 0 aliphatic heterocycles. The predicted octanol–water partition coefficient (Wildman–Crippen LogP) is 4.32. The van der Waals surface area contributed by atoms with E-state index in [1.807, 2.05) is 6.07 Å². The van der Waals surface area contributed by atoms with Gasteiger partial charge < -0.3 is 10.2 Å². The highest BCUT2D eigenvalue weighted by atomic mass is 35.5. The van der Waals surface area contributed by atoms with E-state index in [1.54, 1.807) is 0 Å². The second kappa shape index (κ2) is 7.76. The molecule has 1 rings (SSSR count). The first-order valence-electron chi connectivity index (χ1n) is 7.21. The third-order valence-electron chi connectivity index (χ3n) is 3.19. The van der Waals surface area contributed by atoms with Crippen LogP contribution in [0.15, 0.2) is 18.2 Å². The molecular formula is C16H27ClN2. The van der Waals surface area contributed by atoms with E-state index in [-0.39, 0.29) is 0 Å². The van der Waals surface area contributed by atoms with Crippen LogP contribution < -0.4 is 10.2 Å². The summed E-state index contributed by atoms with van der Waals surface area (Å²) in [5.41, 5.74) is 2.57. The van der Waals surface area contributed by atoms with Crippen LogP contribution in [-0.2, 0) is 6.54 Å². The fraction of sp³-hybridized carbons (Fsp3) is 0.625. The van der Waals surface area contributed by atoms with Gasteiger partial charge in [0.05, 0.1) is 0 Å². The number of benzene rings is 1. The van der Waals surface area contributed by atoms with Crippen molar-refractivity contribution in [3.63, 3.8) is 0 Å². The minimum Gasteiger partial charge on any atom is -0.369 e. The average Bonchev–Trinajstić information content (AvgIpc) is 2.32. The number of halogens is 1. The van der Waals surface area contributed by atoms with Crippen LogP contribution >= 0.6 is 11.6 Å². The zero-order valence-electron chi connectivity index (χ0n) is 12.8. The lowest BCUT2D eigenvalue weighted by Crippen LogP contribution is -2.32. The molecule has 0 amide bonds. The number of nitrogens with zero attached hydrogens (tertiary/aromatic N) is 1. The van der Waals surface area contributed by atoms with Crippen LogP contribution in [-0.4, -0.2) is 19.1 Å². The summed E-state index contributed by atoms with van der Waals surface area (Å²) in [6, 6.07) is 6.67. The third kappa shape index (κ3) is 5.04. The first-order chi connectivity index (χ1) is 8.95. The van der Waals surface area contributed by atoms with Crippen molar-refractivity contribution in [2.24, 2.45) is 5.92 Å². The molecule has 0 aliphatic rings. The first kappa shape index (κ1) is 16.3. The Labute approximate surface area is 123 Å². The monoisotopic (exact) mass is 282 g/mol. The smallest absolute Gasteiger partial charge is 0.0428 e. The van der Waals surface area contributed by atoms with Crippen molar-refractivity contribution in [2.45, 2.75) is 47.2 Å². The van der Waals surface area contributed by atoms with E-state index in [0.29, 0.717) is 12.0 Å². The summed E-state index contributed by atoms with van der Waals surface area (Å²) in [4.78, 5) is 2.39. The van der Waals surface area contributed by atoms with E-state index in [4.69, 9.17) is 11.6 Å². The molecule has 2 nitrogen and oxygen atoms in total. The summed E-state index contributed by atoms with van der Waals surface area (Å²) in [5, 5.41) is 4.32. The summed E-state index contributed by atoms with van der Waals surface area (Å²) < 4.78 is 0. The van der Waals surface area contributed by atoms with Gasteiger partial charge in [-0.2, -0.15) is 0 Å². The fourth-order valence-corrected chi connectivity index (χ4v) is 2.43. The number of hydrogen-bond acceptors (Lipinski definition) is 2. The van der Waals surface area contributed by atoms with Gasteiger partial charge in [0.2, 0.25) is 0 Å². The van der Waals surface area contributed by atoms with Gasteiger partial charge >= 0.3 is 0 Å². The van der Waals surface area contributed by atoms with Crippen molar-refractivity contribution in [1.82, 2.24) is 5.32 Å². The van der Waals surface area contributed by atoms with E-state index in [2.05, 4.69) is 57.0 Å². The van der Waals surface area contributed by atoms with Crippen LogP contribution in [0, 0.1) is 5.92 Å². The Bertz CT molecular complexity index is 388. The molecule has 0 aliphatic carbocycles. The molecule has 0 unspecified atom stereocenters. The van der Waals surface area contributed by atoms with Gasteiger partial charge in [0, 0.05) is 29.8 Å². The SMILES string of the molecule is CCN(c1cc(Cl)ccc1CNCC(C)C)C(C)C. The van der Waals surface area contributed by atoms with Crippen molar-refractivity contribution < 1.29 is 0 Å². The maximum Gasteiger partial charge on any atom is 0.0428 e. The van der Waals surface area contributed by atoms with Crippen molar-refractivity contribution in [1.29, 1.82) is 0 Å². The Balaban J connectivity index is 2.90. The van der Waals surface area contributed by atoms with Crippen LogP contribution in [0.25, 0.3) is 0 Å². The lowest BCUT2D eigenvalue weighted by Gasteiger charge is -2.30. The summed E-state index contributed by atoms with van der Waals surface area (Å²) in [6.07, 6.45) is 0. The van der Waals surface area contributed by atoms with Gasteiger partial charge in [-0.25, -0.2) is 0 Å². The Morgan fingerprint density at radius 3 is 2.42 bits per heavy atom. The summed E-state index contributed by atoms with van der Waals surface area (Å²) in [7, 11) is 0. The van der Waals surface area contributed by atoms with Gasteiger partial charge in [0.15, 0.2) is 0 Å². The number of hydrogen-bond donors (Lipinski definition) is 1. The third-order valence-corrected chi connectivity index (χ3v) is 3.42. The quantitative estimate of drug-likeness (QED) is 0.801. The molecule has 0 aromatic heterocycles. The predicted molar refractivity (Wildman–Crippen MR) is 86.2 cm³/mol. The Kier molecular flexibility index (Phi) is 6.67. The Hall–Kier alpha value is -0.730. The summed E-state index contributed by atoms with van der Waals surface area (Å²) in [5.74, 6) is 0.670. The normalized spacial score (nSPS) is 11.4. The molecular weight excluding hydrogens is 256 g/mol. The first-order valence-corrected chi connectivity index (χ1v) is 7.59. The van der Waals surface area contributed by atoms with Crippen LogP contribution in [0.2, 0.25) is 5.02 Å². The highest BCUT2D eigenvalue weighted by Gasteiger charge is 2.13. The fourth-order valence-electron chi connectivity index (χ4n) is 2.26. The van der Waals surface area contributed by atoms with Crippen LogP contribution in [0.1, 0.15) is 40.2 Å². The molecule has 0 radical (unpaired) electrons. The second-order valence-electron chi connectivity index (χ2n) is 5.68. The maximum atomic E-state index is 6.16. The molecule has 1 aromatic carbocycles. The number of anilines is 1. The van der Waals surface area contributed by atoms with Gasteiger partial charge in [0.25, 0.3) is 0 Å². The highest BCUT2D eigenvalue weighted by Crippen LogP contribution is 2.26. The van der Waals surface area contributed by atoms with Gasteiger partial charge in [-0.1, -0.05) is 31.5 Å². The van der Waals surface area contributed by atoms with Gasteiger partial charge in [-0.15, -0.1) is 0 Å². The molecule has 0 bridgehead atoms. The standard InChI is InChI=1S/C16H27ClN2/c1-6-19(13(4)5)16-9-15(17)8-7-14(16)11-18-10-12(2)3/h7-9,12-13,18H,6,10-11H2,1-5H3. The van der Waals surface area contributed by atoms with Crippen LogP contribution in [0.3, 0.4) is 0 Å². The van der Waals surface area contributed by atoms with Gasteiger partial charge in [0.1, 0.15) is 0 Å². The molecule has 0 heterocycles. The highest BCUT2D eigenvalue weighted by molar-refractivity contribution is 6.30. The van der Waals surface area contributed by atoms with Crippen molar-refractivity contribution in [2.75, 3.05) is 18.0 Å². The zero-order chi connectivity index (χ0) is 14.4. The van der Waals surface area contributed by atoms with E-state index in [1.165, 1.54) is 11.3 Å². The summed E-state index contributed by atoms with van der Waals surface area (Å²) in [6.45, 7) is 14.0. The van der Waals surface area contributed by atoms with Gasteiger partial charge in [-0.3, -0.25) is 0 Å². The lowest BCUT2D eigenvalue weighted by atomic mass is 10.1. The molecule has 0 spiro atoms. The molecule has 0 atom stereocenters. The van der Waals surface area contributed by atoms with Crippen molar-refractivity contribution >= 4 is 17.3 Å². The lowest BCUT2D eigenvalue weighted by molar-refractivity contribution is 0.551. The molecule has 19 heavy (non-hydrogen) atoms. The number of nitrogens with one attached hydrogen (secondary N) is 1. The van der Waals surface area contributed by atoms with Crippen molar-refractivity contribution in [3.8, 4) is 0 Å². The minimum absolute atomic E-state index is 0.479. The Morgan fingerprint density at radius 1 is 1.21 bits per heavy atom. The van der Waals surface area contributed by atoms with Crippen LogP contribution in [0.5, 0.6) is 0 Å². The molecule has 0 saturated heterocycles.